The maximum absolute atomic E-state index is 13.5. The number of halogens is 1. The Morgan fingerprint density at radius 1 is 1.50 bits per heavy atom. The normalized spacial score (nSPS) is 19.1. The lowest BCUT2D eigenvalue weighted by atomic mass is 10.1. The number of ether oxygens (including phenoxy) is 2. The zero-order valence-corrected chi connectivity index (χ0v) is 11.7. The molecule has 1 aliphatic heterocycles. The second-order valence-electron chi connectivity index (χ2n) is 4.86. The van der Waals surface area contributed by atoms with Crippen molar-refractivity contribution in [2.24, 2.45) is 0 Å². The molecule has 1 aliphatic rings. The summed E-state index contributed by atoms with van der Waals surface area (Å²) in [5, 5.41) is 0. The number of amides is 1. The minimum absolute atomic E-state index is 0.0265. The van der Waals surface area contributed by atoms with Crippen LogP contribution in [-0.4, -0.2) is 50.3 Å². The highest BCUT2D eigenvalue weighted by atomic mass is 19.1. The monoisotopic (exact) mass is 281 g/mol. The first-order valence-corrected chi connectivity index (χ1v) is 6.82. The van der Waals surface area contributed by atoms with Gasteiger partial charge in [0.15, 0.2) is 0 Å². The molecule has 1 heterocycles. The van der Waals surface area contributed by atoms with Crippen molar-refractivity contribution in [3.8, 4) is 0 Å². The fraction of sp³-hybridized carbons (Fsp3) is 0.533. The molecule has 0 bridgehead atoms. The van der Waals surface area contributed by atoms with Crippen LogP contribution in [0.5, 0.6) is 0 Å². The van der Waals surface area contributed by atoms with Crippen LogP contribution >= 0.6 is 0 Å². The maximum atomic E-state index is 13.5. The van der Waals surface area contributed by atoms with Gasteiger partial charge in [-0.3, -0.25) is 4.79 Å². The van der Waals surface area contributed by atoms with Crippen LogP contribution in [-0.2, 0) is 20.7 Å². The fourth-order valence-corrected chi connectivity index (χ4v) is 2.40. The van der Waals surface area contributed by atoms with Gasteiger partial charge in [-0.25, -0.2) is 4.39 Å². The van der Waals surface area contributed by atoms with Crippen molar-refractivity contribution in [2.45, 2.75) is 18.9 Å². The van der Waals surface area contributed by atoms with Gasteiger partial charge in [0.05, 0.1) is 25.9 Å². The largest absolute Gasteiger partial charge is 0.382 e. The number of carbonyl (C=O) groups excluding carboxylic acids is 1. The van der Waals surface area contributed by atoms with Gasteiger partial charge in [0.25, 0.3) is 0 Å². The van der Waals surface area contributed by atoms with Crippen molar-refractivity contribution in [1.82, 2.24) is 4.90 Å². The lowest BCUT2D eigenvalue weighted by Gasteiger charge is -2.35. The van der Waals surface area contributed by atoms with Gasteiger partial charge in [0.1, 0.15) is 5.82 Å². The Hall–Kier alpha value is -1.46. The second kappa shape index (κ2) is 7.36. The van der Waals surface area contributed by atoms with Crippen molar-refractivity contribution in [3.05, 3.63) is 35.6 Å². The molecule has 0 radical (unpaired) electrons. The van der Waals surface area contributed by atoms with Gasteiger partial charge in [-0.05, 0) is 18.1 Å². The van der Waals surface area contributed by atoms with Gasteiger partial charge in [-0.15, -0.1) is 0 Å². The molecule has 0 spiro atoms. The first-order chi connectivity index (χ1) is 9.72. The molecule has 1 atom stereocenters. The average molecular weight is 281 g/mol. The van der Waals surface area contributed by atoms with Crippen LogP contribution in [0.4, 0.5) is 4.39 Å². The summed E-state index contributed by atoms with van der Waals surface area (Å²) >= 11 is 0. The molecule has 0 N–H and O–H groups in total. The molecule has 2 rings (SSSR count). The van der Waals surface area contributed by atoms with E-state index in [9.17, 15) is 9.18 Å². The third-order valence-corrected chi connectivity index (χ3v) is 3.47. The molecular weight excluding hydrogens is 261 g/mol. The third-order valence-electron chi connectivity index (χ3n) is 3.47. The number of morpholine rings is 1. The molecule has 110 valence electrons. The molecule has 4 nitrogen and oxygen atoms in total. The smallest absolute Gasteiger partial charge is 0.223 e. The Kier molecular flexibility index (Phi) is 5.49. The lowest BCUT2D eigenvalue weighted by Crippen LogP contribution is -2.50. The van der Waals surface area contributed by atoms with E-state index in [0.717, 1.165) is 0 Å². The number of benzene rings is 1. The van der Waals surface area contributed by atoms with Crippen molar-refractivity contribution in [1.29, 1.82) is 0 Å². The van der Waals surface area contributed by atoms with Crippen LogP contribution in [0.1, 0.15) is 12.0 Å². The number of carbonyl (C=O) groups is 1. The number of hydrogen-bond donors (Lipinski definition) is 0. The third kappa shape index (κ3) is 3.77. The summed E-state index contributed by atoms with van der Waals surface area (Å²) in [4.78, 5) is 14.0. The Labute approximate surface area is 118 Å². The quantitative estimate of drug-likeness (QED) is 0.823. The standard InChI is InChI=1S/C15H20FNO3/c1-19-10-13-11-20-9-8-17(13)15(18)7-6-12-4-2-3-5-14(12)16/h2-5,13H,6-11H2,1H3. The van der Waals surface area contributed by atoms with E-state index < -0.39 is 0 Å². The SMILES string of the molecule is COCC1COCCN1C(=O)CCc1ccccc1F. The zero-order valence-electron chi connectivity index (χ0n) is 11.7. The summed E-state index contributed by atoms with van der Waals surface area (Å²) in [5.74, 6) is -0.227. The summed E-state index contributed by atoms with van der Waals surface area (Å²) in [7, 11) is 1.61. The van der Waals surface area contributed by atoms with Gasteiger partial charge >= 0.3 is 0 Å². The first kappa shape index (κ1) is 14.9. The predicted octanol–water partition coefficient (Wildman–Crippen LogP) is 1.63. The van der Waals surface area contributed by atoms with Crippen molar-refractivity contribution < 1.29 is 18.7 Å². The van der Waals surface area contributed by atoms with E-state index in [1.165, 1.54) is 6.07 Å². The Morgan fingerprint density at radius 3 is 3.05 bits per heavy atom. The maximum Gasteiger partial charge on any atom is 0.223 e. The summed E-state index contributed by atoms with van der Waals surface area (Å²) in [5.41, 5.74) is 0.581. The molecule has 1 aromatic rings. The Morgan fingerprint density at radius 2 is 2.30 bits per heavy atom. The molecule has 1 amide bonds. The highest BCUT2D eigenvalue weighted by molar-refractivity contribution is 5.77. The van der Waals surface area contributed by atoms with Gasteiger partial charge in [-0.2, -0.15) is 0 Å². The Balaban J connectivity index is 1.91. The topological polar surface area (TPSA) is 38.8 Å². The number of hydrogen-bond acceptors (Lipinski definition) is 3. The van der Waals surface area contributed by atoms with Crippen LogP contribution in [0.3, 0.4) is 0 Å². The lowest BCUT2D eigenvalue weighted by molar-refractivity contribution is -0.142. The summed E-state index contributed by atoms with van der Waals surface area (Å²) in [6.45, 7) is 2.08. The van der Waals surface area contributed by atoms with Gasteiger partial charge in [0.2, 0.25) is 5.91 Å². The van der Waals surface area contributed by atoms with E-state index in [1.54, 1.807) is 30.2 Å². The van der Waals surface area contributed by atoms with E-state index in [4.69, 9.17) is 9.47 Å². The summed E-state index contributed by atoms with van der Waals surface area (Å²) in [6.07, 6.45) is 0.726. The number of aryl methyl sites for hydroxylation is 1. The van der Waals surface area contributed by atoms with Crippen molar-refractivity contribution in [2.75, 3.05) is 33.5 Å². The molecular formula is C15H20FNO3. The van der Waals surface area contributed by atoms with E-state index in [-0.39, 0.29) is 17.8 Å². The minimum atomic E-state index is -0.254. The summed E-state index contributed by atoms with van der Waals surface area (Å²) in [6, 6.07) is 6.53. The molecule has 1 unspecified atom stereocenters. The van der Waals surface area contributed by atoms with Crippen LogP contribution in [0, 0.1) is 5.82 Å². The summed E-state index contributed by atoms with van der Waals surface area (Å²) < 4.78 is 24.0. The number of methoxy groups -OCH3 is 1. The molecule has 1 aromatic carbocycles. The predicted molar refractivity (Wildman–Crippen MR) is 72.9 cm³/mol. The molecule has 1 fully saturated rings. The molecule has 0 aromatic heterocycles. The highest BCUT2D eigenvalue weighted by Crippen LogP contribution is 2.13. The van der Waals surface area contributed by atoms with Crippen molar-refractivity contribution >= 4 is 5.91 Å². The van der Waals surface area contributed by atoms with E-state index in [2.05, 4.69) is 0 Å². The fourth-order valence-electron chi connectivity index (χ4n) is 2.40. The molecule has 0 aliphatic carbocycles. The Bertz CT molecular complexity index is 450. The van der Waals surface area contributed by atoms with E-state index in [0.29, 0.717) is 44.8 Å². The van der Waals surface area contributed by atoms with E-state index in [1.807, 2.05) is 0 Å². The van der Waals surface area contributed by atoms with Gasteiger partial charge in [0, 0.05) is 20.1 Å². The second-order valence-corrected chi connectivity index (χ2v) is 4.86. The number of nitrogens with zero attached hydrogens (tertiary/aromatic N) is 1. The molecule has 1 saturated heterocycles. The van der Waals surface area contributed by atoms with Gasteiger partial charge < -0.3 is 14.4 Å². The highest BCUT2D eigenvalue weighted by Gasteiger charge is 2.26. The molecule has 20 heavy (non-hydrogen) atoms. The van der Waals surface area contributed by atoms with Gasteiger partial charge in [-0.1, -0.05) is 18.2 Å². The van der Waals surface area contributed by atoms with Crippen LogP contribution in [0.25, 0.3) is 0 Å². The van der Waals surface area contributed by atoms with Crippen LogP contribution in [0.2, 0.25) is 0 Å². The minimum Gasteiger partial charge on any atom is -0.382 e. The van der Waals surface area contributed by atoms with Crippen LogP contribution < -0.4 is 0 Å². The first-order valence-electron chi connectivity index (χ1n) is 6.82. The molecule has 5 heteroatoms. The van der Waals surface area contributed by atoms with Crippen molar-refractivity contribution in [3.63, 3.8) is 0 Å². The number of rotatable bonds is 5. The zero-order chi connectivity index (χ0) is 14.4. The van der Waals surface area contributed by atoms with Crippen LogP contribution in [0.15, 0.2) is 24.3 Å². The average Bonchev–Trinajstić information content (AvgIpc) is 2.47. The van der Waals surface area contributed by atoms with E-state index >= 15 is 0 Å². The molecule has 0 saturated carbocycles.